The minimum absolute atomic E-state index is 0.0887. The van der Waals surface area contributed by atoms with Crippen LogP contribution in [0.2, 0.25) is 10.2 Å². The molecule has 21 heavy (non-hydrogen) atoms. The number of amides is 1. The third-order valence-corrected chi connectivity index (χ3v) is 4.04. The van der Waals surface area contributed by atoms with Crippen molar-refractivity contribution in [2.75, 3.05) is 0 Å². The molecule has 0 aromatic carbocycles. The number of aromatic nitrogens is 2. The molecule has 3 rings (SSSR count). The molecule has 0 bridgehead atoms. The normalized spacial score (nSPS) is 14.0. The molecule has 0 radical (unpaired) electrons. The molecule has 0 atom stereocenters. The number of halogens is 2. The van der Waals surface area contributed by atoms with E-state index in [0.29, 0.717) is 12.1 Å². The van der Waals surface area contributed by atoms with E-state index in [4.69, 9.17) is 23.2 Å². The third-order valence-electron chi connectivity index (χ3n) is 3.35. The summed E-state index contributed by atoms with van der Waals surface area (Å²) in [6.45, 7) is 0.491. The van der Waals surface area contributed by atoms with Crippen molar-refractivity contribution in [2.24, 2.45) is 0 Å². The second-order valence-electron chi connectivity index (χ2n) is 4.98. The molecular weight excluding hydrogens is 309 g/mol. The lowest BCUT2D eigenvalue weighted by molar-refractivity contribution is 0.0727. The highest BCUT2D eigenvalue weighted by molar-refractivity contribution is 6.41. The monoisotopic (exact) mass is 321 g/mol. The zero-order valence-corrected chi connectivity index (χ0v) is 12.7. The van der Waals surface area contributed by atoms with Crippen LogP contribution in [0.1, 0.15) is 28.9 Å². The van der Waals surface area contributed by atoms with Gasteiger partial charge in [-0.25, -0.2) is 4.98 Å². The Labute approximate surface area is 132 Å². The van der Waals surface area contributed by atoms with Gasteiger partial charge in [0.05, 0.1) is 22.8 Å². The topological polar surface area (TPSA) is 46.1 Å². The summed E-state index contributed by atoms with van der Waals surface area (Å²) in [6.07, 6.45) is 5.23. The molecule has 2 aromatic rings. The number of nitrogens with zero attached hydrogens (tertiary/aromatic N) is 3. The Kier molecular flexibility index (Phi) is 4.08. The molecule has 6 heteroatoms. The van der Waals surface area contributed by atoms with Gasteiger partial charge in [0.25, 0.3) is 5.91 Å². The quantitative estimate of drug-likeness (QED) is 0.808. The van der Waals surface area contributed by atoms with Crippen molar-refractivity contribution >= 4 is 29.1 Å². The highest BCUT2D eigenvalue weighted by atomic mass is 35.5. The lowest BCUT2D eigenvalue weighted by Gasteiger charge is -2.22. The maximum Gasteiger partial charge on any atom is 0.256 e. The van der Waals surface area contributed by atoms with Gasteiger partial charge in [-0.15, -0.1) is 0 Å². The van der Waals surface area contributed by atoms with Crippen molar-refractivity contribution in [3.63, 3.8) is 0 Å². The third kappa shape index (κ3) is 3.34. The van der Waals surface area contributed by atoms with Crippen molar-refractivity contribution in [1.29, 1.82) is 0 Å². The maximum absolute atomic E-state index is 12.7. The van der Waals surface area contributed by atoms with Gasteiger partial charge in [0.1, 0.15) is 5.15 Å². The van der Waals surface area contributed by atoms with Crippen LogP contribution >= 0.6 is 23.2 Å². The molecule has 0 aliphatic heterocycles. The first-order chi connectivity index (χ1) is 10.1. The zero-order valence-electron chi connectivity index (χ0n) is 11.2. The van der Waals surface area contributed by atoms with Gasteiger partial charge in [0, 0.05) is 18.4 Å². The molecule has 4 nitrogen and oxygen atoms in total. The first-order valence-electron chi connectivity index (χ1n) is 6.67. The first kappa shape index (κ1) is 14.3. The van der Waals surface area contributed by atoms with Gasteiger partial charge in [-0.2, -0.15) is 0 Å². The second-order valence-corrected chi connectivity index (χ2v) is 5.75. The Hall–Kier alpha value is -1.65. The Bertz CT molecular complexity index is 659. The molecule has 2 heterocycles. The van der Waals surface area contributed by atoms with Crippen molar-refractivity contribution < 1.29 is 4.79 Å². The predicted octanol–water partition coefficient (Wildman–Crippen LogP) is 3.59. The Balaban J connectivity index is 1.83. The largest absolute Gasteiger partial charge is 0.330 e. The van der Waals surface area contributed by atoms with E-state index in [1.54, 1.807) is 12.3 Å². The molecule has 1 fully saturated rings. The highest BCUT2D eigenvalue weighted by Gasteiger charge is 2.33. The molecule has 2 aromatic heterocycles. The summed E-state index contributed by atoms with van der Waals surface area (Å²) < 4.78 is 0. The van der Waals surface area contributed by atoms with Gasteiger partial charge in [-0.3, -0.25) is 9.78 Å². The Morgan fingerprint density at radius 2 is 2.10 bits per heavy atom. The fourth-order valence-electron chi connectivity index (χ4n) is 2.12. The second kappa shape index (κ2) is 6.00. The summed E-state index contributed by atoms with van der Waals surface area (Å²) in [5, 5.41) is 0.493. The lowest BCUT2D eigenvalue weighted by Crippen LogP contribution is -2.33. The number of hydrogen-bond acceptors (Lipinski definition) is 3. The zero-order chi connectivity index (χ0) is 14.8. The van der Waals surface area contributed by atoms with Gasteiger partial charge in [-0.1, -0.05) is 29.3 Å². The van der Waals surface area contributed by atoms with E-state index in [0.717, 1.165) is 18.5 Å². The van der Waals surface area contributed by atoms with Gasteiger partial charge < -0.3 is 4.90 Å². The minimum Gasteiger partial charge on any atom is -0.330 e. The molecule has 1 aliphatic rings. The summed E-state index contributed by atoms with van der Waals surface area (Å²) in [4.78, 5) is 22.7. The van der Waals surface area contributed by atoms with E-state index in [9.17, 15) is 4.79 Å². The SMILES string of the molecule is O=C(c1cnc(Cl)c(Cl)c1)N(Cc1ccccn1)C1CC1. The van der Waals surface area contributed by atoms with Crippen molar-refractivity contribution in [2.45, 2.75) is 25.4 Å². The molecular formula is C15H13Cl2N3O. The van der Waals surface area contributed by atoms with E-state index in [-0.39, 0.29) is 22.1 Å². The van der Waals surface area contributed by atoms with E-state index in [2.05, 4.69) is 9.97 Å². The van der Waals surface area contributed by atoms with Crippen LogP contribution in [0.15, 0.2) is 36.7 Å². The van der Waals surface area contributed by atoms with Gasteiger partial charge in [-0.05, 0) is 31.0 Å². The van der Waals surface area contributed by atoms with E-state index in [1.165, 1.54) is 6.20 Å². The molecule has 0 spiro atoms. The molecule has 0 unspecified atom stereocenters. The summed E-state index contributed by atoms with van der Waals surface area (Å²) >= 11 is 11.7. The summed E-state index contributed by atoms with van der Waals surface area (Å²) in [5.41, 5.74) is 1.32. The predicted molar refractivity (Wildman–Crippen MR) is 81.4 cm³/mol. The van der Waals surface area contributed by atoms with E-state index >= 15 is 0 Å². The van der Waals surface area contributed by atoms with Crippen LogP contribution in [-0.2, 0) is 6.54 Å². The number of carbonyl (C=O) groups is 1. The van der Waals surface area contributed by atoms with Crippen LogP contribution in [0.25, 0.3) is 0 Å². The summed E-state index contributed by atoms with van der Waals surface area (Å²) in [5.74, 6) is -0.0887. The summed E-state index contributed by atoms with van der Waals surface area (Å²) in [6, 6.07) is 7.52. The van der Waals surface area contributed by atoms with Crippen LogP contribution in [0, 0.1) is 0 Å². The smallest absolute Gasteiger partial charge is 0.256 e. The van der Waals surface area contributed by atoms with Crippen LogP contribution in [0.5, 0.6) is 0 Å². The highest BCUT2D eigenvalue weighted by Crippen LogP contribution is 2.30. The van der Waals surface area contributed by atoms with Gasteiger partial charge >= 0.3 is 0 Å². The fourth-order valence-corrected chi connectivity index (χ4v) is 2.39. The van der Waals surface area contributed by atoms with E-state index < -0.39 is 0 Å². The molecule has 1 saturated carbocycles. The average Bonchev–Trinajstić information content (AvgIpc) is 3.33. The summed E-state index contributed by atoms with van der Waals surface area (Å²) in [7, 11) is 0. The lowest BCUT2D eigenvalue weighted by atomic mass is 10.2. The van der Waals surface area contributed by atoms with Crippen LogP contribution in [0.4, 0.5) is 0 Å². The number of pyridine rings is 2. The molecule has 0 saturated heterocycles. The van der Waals surface area contributed by atoms with Crippen molar-refractivity contribution in [1.82, 2.24) is 14.9 Å². The maximum atomic E-state index is 12.7. The standard InChI is InChI=1S/C15H13Cl2N3O/c16-13-7-10(8-19-14(13)17)15(21)20(12-4-5-12)9-11-3-1-2-6-18-11/h1-3,6-8,12H,4-5,9H2. The molecule has 1 amide bonds. The van der Waals surface area contributed by atoms with Crippen LogP contribution in [0.3, 0.4) is 0 Å². The van der Waals surface area contributed by atoms with Crippen molar-refractivity contribution in [3.8, 4) is 0 Å². The Morgan fingerprint density at radius 1 is 1.29 bits per heavy atom. The molecule has 1 aliphatic carbocycles. The van der Waals surface area contributed by atoms with Crippen LogP contribution < -0.4 is 0 Å². The average molecular weight is 322 g/mol. The van der Waals surface area contributed by atoms with Gasteiger partial charge in [0.15, 0.2) is 0 Å². The number of carbonyl (C=O) groups excluding carboxylic acids is 1. The molecule has 0 N–H and O–H groups in total. The first-order valence-corrected chi connectivity index (χ1v) is 7.42. The fraction of sp³-hybridized carbons (Fsp3) is 0.267. The number of rotatable bonds is 4. The van der Waals surface area contributed by atoms with Crippen molar-refractivity contribution in [3.05, 3.63) is 58.1 Å². The van der Waals surface area contributed by atoms with Crippen LogP contribution in [-0.4, -0.2) is 26.8 Å². The Morgan fingerprint density at radius 3 is 2.71 bits per heavy atom. The van der Waals surface area contributed by atoms with E-state index in [1.807, 2.05) is 23.1 Å². The van der Waals surface area contributed by atoms with Gasteiger partial charge in [0.2, 0.25) is 0 Å². The minimum atomic E-state index is -0.0887. The molecule has 108 valence electrons. The number of hydrogen-bond donors (Lipinski definition) is 0.